The Balaban J connectivity index is 2.42. The van der Waals surface area contributed by atoms with Crippen molar-refractivity contribution in [2.75, 3.05) is 13.1 Å². The van der Waals surface area contributed by atoms with Gasteiger partial charge in [0.05, 0.1) is 0 Å². The van der Waals surface area contributed by atoms with Gasteiger partial charge in [-0.1, -0.05) is 57.5 Å². The Morgan fingerprint density at radius 1 is 0.947 bits per heavy atom. The normalized spacial score (nSPS) is 13.5. The smallest absolute Gasteiger partial charge is 0.0421 e. The molecular weight excluding hydrogens is 232 g/mol. The van der Waals surface area contributed by atoms with Gasteiger partial charge < -0.3 is 11.1 Å². The van der Waals surface area contributed by atoms with E-state index in [1.54, 1.807) is 0 Å². The minimum absolute atomic E-state index is 0.0839. The summed E-state index contributed by atoms with van der Waals surface area (Å²) in [6.45, 7) is 13.2. The van der Waals surface area contributed by atoms with Crippen LogP contribution in [0.3, 0.4) is 0 Å². The lowest BCUT2D eigenvalue weighted by Crippen LogP contribution is -2.34. The van der Waals surface area contributed by atoms with E-state index in [1.807, 2.05) is 0 Å². The molecule has 0 fully saturated rings. The number of benzene rings is 1. The van der Waals surface area contributed by atoms with E-state index in [0.717, 1.165) is 13.1 Å². The van der Waals surface area contributed by atoms with Crippen LogP contribution in [-0.2, 0) is 0 Å². The molecule has 0 bridgehead atoms. The Morgan fingerprint density at radius 2 is 1.47 bits per heavy atom. The van der Waals surface area contributed by atoms with Crippen LogP contribution < -0.4 is 11.1 Å². The summed E-state index contributed by atoms with van der Waals surface area (Å²) in [4.78, 5) is 0. The largest absolute Gasteiger partial charge is 0.323 e. The third-order valence-corrected chi connectivity index (χ3v) is 3.96. The van der Waals surface area contributed by atoms with Crippen LogP contribution in [0.15, 0.2) is 24.3 Å². The van der Waals surface area contributed by atoms with E-state index in [-0.39, 0.29) is 6.04 Å². The van der Waals surface area contributed by atoms with Gasteiger partial charge in [0, 0.05) is 12.6 Å². The van der Waals surface area contributed by atoms with Gasteiger partial charge in [0.15, 0.2) is 0 Å². The maximum atomic E-state index is 6.22. The Kier molecular flexibility index (Phi) is 6.53. The molecule has 0 aromatic heterocycles. The first-order valence-corrected chi connectivity index (χ1v) is 7.44. The molecule has 2 nitrogen and oxygen atoms in total. The molecule has 0 saturated carbocycles. The fourth-order valence-corrected chi connectivity index (χ4v) is 2.58. The van der Waals surface area contributed by atoms with Gasteiger partial charge in [0.1, 0.15) is 0 Å². The summed E-state index contributed by atoms with van der Waals surface area (Å²) >= 11 is 0. The molecule has 1 unspecified atom stereocenters. The van der Waals surface area contributed by atoms with Crippen LogP contribution in [0.25, 0.3) is 0 Å². The van der Waals surface area contributed by atoms with Gasteiger partial charge in [0.2, 0.25) is 0 Å². The maximum Gasteiger partial charge on any atom is 0.0421 e. The molecule has 0 aliphatic carbocycles. The number of aryl methyl sites for hydroxylation is 1. The van der Waals surface area contributed by atoms with Gasteiger partial charge in [0.25, 0.3) is 0 Å². The lowest BCUT2D eigenvalue weighted by atomic mass is 9.85. The minimum atomic E-state index is 0.0839. The van der Waals surface area contributed by atoms with Crippen LogP contribution in [0.2, 0.25) is 0 Å². The molecule has 1 atom stereocenters. The molecule has 3 N–H and O–H groups in total. The highest BCUT2D eigenvalue weighted by Crippen LogP contribution is 2.19. The highest BCUT2D eigenvalue weighted by molar-refractivity contribution is 5.24. The zero-order chi connectivity index (χ0) is 14.4. The van der Waals surface area contributed by atoms with Crippen LogP contribution in [0.5, 0.6) is 0 Å². The summed E-state index contributed by atoms with van der Waals surface area (Å²) in [6.07, 6.45) is 0. The van der Waals surface area contributed by atoms with Crippen LogP contribution in [-0.4, -0.2) is 13.1 Å². The van der Waals surface area contributed by atoms with Crippen molar-refractivity contribution >= 4 is 0 Å². The standard InChI is InChI=1S/C17H30N2/c1-12(2)16(13(3)4)10-19-11-17(18)15-8-6-14(5)7-9-15/h6-9,12-13,16-17,19H,10-11,18H2,1-5H3. The van der Waals surface area contributed by atoms with Crippen molar-refractivity contribution in [2.45, 2.75) is 40.7 Å². The molecule has 2 heteroatoms. The number of hydrogen-bond donors (Lipinski definition) is 2. The Labute approximate surface area is 118 Å². The quantitative estimate of drug-likeness (QED) is 0.789. The highest BCUT2D eigenvalue weighted by Gasteiger charge is 2.17. The average molecular weight is 262 g/mol. The fourth-order valence-electron chi connectivity index (χ4n) is 2.58. The maximum absolute atomic E-state index is 6.22. The van der Waals surface area contributed by atoms with Crippen molar-refractivity contribution in [3.63, 3.8) is 0 Å². The summed E-state index contributed by atoms with van der Waals surface area (Å²) in [5, 5.41) is 3.54. The average Bonchev–Trinajstić information content (AvgIpc) is 2.34. The molecule has 0 radical (unpaired) electrons. The Hall–Kier alpha value is -0.860. The molecular formula is C17H30N2. The van der Waals surface area contributed by atoms with E-state index in [4.69, 9.17) is 5.73 Å². The predicted molar refractivity (Wildman–Crippen MR) is 84.1 cm³/mol. The van der Waals surface area contributed by atoms with Crippen LogP contribution in [0.1, 0.15) is 44.9 Å². The molecule has 1 rings (SSSR count). The van der Waals surface area contributed by atoms with Crippen molar-refractivity contribution in [3.05, 3.63) is 35.4 Å². The molecule has 0 aliphatic rings. The van der Waals surface area contributed by atoms with E-state index in [1.165, 1.54) is 11.1 Å². The minimum Gasteiger partial charge on any atom is -0.323 e. The number of nitrogens with two attached hydrogens (primary N) is 1. The fraction of sp³-hybridized carbons (Fsp3) is 0.647. The number of rotatable bonds is 7. The van der Waals surface area contributed by atoms with Gasteiger partial charge in [-0.25, -0.2) is 0 Å². The summed E-state index contributed by atoms with van der Waals surface area (Å²) in [5.74, 6) is 2.14. The first-order chi connectivity index (χ1) is 8.91. The topological polar surface area (TPSA) is 38.0 Å². The first kappa shape index (κ1) is 16.2. The van der Waals surface area contributed by atoms with Gasteiger partial charge in [-0.15, -0.1) is 0 Å². The van der Waals surface area contributed by atoms with Crippen LogP contribution >= 0.6 is 0 Å². The molecule has 0 heterocycles. The predicted octanol–water partition coefficient (Wildman–Crippen LogP) is 3.51. The van der Waals surface area contributed by atoms with E-state index in [2.05, 4.69) is 64.2 Å². The van der Waals surface area contributed by atoms with Crippen molar-refractivity contribution in [2.24, 2.45) is 23.5 Å². The number of hydrogen-bond acceptors (Lipinski definition) is 2. The highest BCUT2D eigenvalue weighted by atomic mass is 14.9. The van der Waals surface area contributed by atoms with Crippen molar-refractivity contribution < 1.29 is 0 Å². The van der Waals surface area contributed by atoms with E-state index in [9.17, 15) is 0 Å². The summed E-state index contributed by atoms with van der Waals surface area (Å²) in [7, 11) is 0. The van der Waals surface area contributed by atoms with Gasteiger partial charge >= 0.3 is 0 Å². The van der Waals surface area contributed by atoms with Gasteiger partial charge in [-0.2, -0.15) is 0 Å². The molecule has 0 amide bonds. The SMILES string of the molecule is Cc1ccc(C(N)CNCC(C(C)C)C(C)C)cc1. The Morgan fingerprint density at radius 3 is 1.95 bits per heavy atom. The van der Waals surface area contributed by atoms with Gasteiger partial charge in [-0.3, -0.25) is 0 Å². The van der Waals surface area contributed by atoms with Gasteiger partial charge in [-0.05, 0) is 36.8 Å². The Bertz CT molecular complexity index is 346. The summed E-state index contributed by atoms with van der Waals surface area (Å²) in [5.41, 5.74) is 8.71. The van der Waals surface area contributed by atoms with E-state index < -0.39 is 0 Å². The van der Waals surface area contributed by atoms with Crippen LogP contribution in [0, 0.1) is 24.7 Å². The molecule has 19 heavy (non-hydrogen) atoms. The lowest BCUT2D eigenvalue weighted by molar-refractivity contribution is 0.274. The third-order valence-electron chi connectivity index (χ3n) is 3.96. The van der Waals surface area contributed by atoms with E-state index in [0.29, 0.717) is 17.8 Å². The summed E-state index contributed by atoms with van der Waals surface area (Å²) in [6, 6.07) is 8.59. The zero-order valence-corrected chi connectivity index (χ0v) is 13.1. The third kappa shape index (κ3) is 5.33. The van der Waals surface area contributed by atoms with Crippen LogP contribution in [0.4, 0.5) is 0 Å². The second-order valence-electron chi connectivity index (χ2n) is 6.33. The van der Waals surface area contributed by atoms with Crippen molar-refractivity contribution in [1.82, 2.24) is 5.32 Å². The first-order valence-electron chi connectivity index (χ1n) is 7.44. The monoisotopic (exact) mass is 262 g/mol. The zero-order valence-electron chi connectivity index (χ0n) is 13.1. The van der Waals surface area contributed by atoms with Crippen molar-refractivity contribution in [3.8, 4) is 0 Å². The molecule has 1 aromatic carbocycles. The molecule has 0 aliphatic heterocycles. The lowest BCUT2D eigenvalue weighted by Gasteiger charge is -2.26. The molecule has 1 aromatic rings. The van der Waals surface area contributed by atoms with E-state index >= 15 is 0 Å². The molecule has 0 saturated heterocycles. The number of nitrogens with one attached hydrogen (secondary N) is 1. The second-order valence-corrected chi connectivity index (χ2v) is 6.33. The molecule has 108 valence electrons. The van der Waals surface area contributed by atoms with Crippen molar-refractivity contribution in [1.29, 1.82) is 0 Å². The molecule has 0 spiro atoms. The second kappa shape index (κ2) is 7.66. The summed E-state index contributed by atoms with van der Waals surface area (Å²) < 4.78 is 0.